The first-order valence-corrected chi connectivity index (χ1v) is 15.8. The lowest BCUT2D eigenvalue weighted by Crippen LogP contribution is -2.40. The average Bonchev–Trinajstić information content (AvgIpc) is 3.39. The summed E-state index contributed by atoms with van der Waals surface area (Å²) in [7, 11) is -1.91. The van der Waals surface area contributed by atoms with Crippen LogP contribution in [-0.2, 0) is 0 Å². The SMILES string of the molecule is CC1=Cc2c(C)c3c(cc2=C1[Si](C)(C)C1c2ccccc2-c2ccccc21)SC(Br)C=3. The first-order valence-electron chi connectivity index (χ1n) is 11.0. The van der Waals surface area contributed by atoms with Gasteiger partial charge in [0.2, 0.25) is 0 Å². The molecule has 0 saturated heterocycles. The van der Waals surface area contributed by atoms with E-state index in [4.69, 9.17) is 0 Å². The van der Waals surface area contributed by atoms with Gasteiger partial charge in [-0.2, -0.15) is 0 Å². The topological polar surface area (TPSA) is 0 Å². The van der Waals surface area contributed by atoms with E-state index in [-0.39, 0.29) is 0 Å². The van der Waals surface area contributed by atoms with E-state index in [0.717, 1.165) is 0 Å². The van der Waals surface area contributed by atoms with Crippen molar-refractivity contribution in [3.8, 4) is 11.1 Å². The molecular weight excluding hydrogens is 476 g/mol. The summed E-state index contributed by atoms with van der Waals surface area (Å²) in [6.07, 6.45) is 4.82. The zero-order chi connectivity index (χ0) is 21.5. The molecule has 0 aromatic heterocycles. The maximum Gasteiger partial charge on any atom is 0.0939 e. The van der Waals surface area contributed by atoms with Crippen LogP contribution >= 0.6 is 27.7 Å². The van der Waals surface area contributed by atoms with Gasteiger partial charge in [0.05, 0.1) is 12.2 Å². The van der Waals surface area contributed by atoms with Crippen molar-refractivity contribution < 1.29 is 0 Å². The van der Waals surface area contributed by atoms with Gasteiger partial charge in [-0.25, -0.2) is 0 Å². The van der Waals surface area contributed by atoms with Crippen LogP contribution in [0, 0.1) is 6.92 Å². The maximum atomic E-state index is 3.79. The third-order valence-electron chi connectivity index (χ3n) is 7.40. The van der Waals surface area contributed by atoms with Gasteiger partial charge in [-0.3, -0.25) is 0 Å². The molecule has 0 saturated carbocycles. The van der Waals surface area contributed by atoms with Gasteiger partial charge < -0.3 is 0 Å². The fourth-order valence-electron chi connectivity index (χ4n) is 6.24. The number of hydrogen-bond donors (Lipinski definition) is 0. The first kappa shape index (κ1) is 19.8. The molecule has 3 aliphatic rings. The molecule has 0 bridgehead atoms. The summed E-state index contributed by atoms with van der Waals surface area (Å²) in [6.45, 7) is 9.83. The quantitative estimate of drug-likeness (QED) is 0.276. The van der Waals surface area contributed by atoms with Crippen molar-refractivity contribution in [2.24, 2.45) is 0 Å². The van der Waals surface area contributed by atoms with Crippen LogP contribution in [0.4, 0.5) is 0 Å². The smallest absolute Gasteiger partial charge is 0.0939 e. The number of hydrogen-bond acceptors (Lipinski definition) is 1. The lowest BCUT2D eigenvalue weighted by Gasteiger charge is -2.34. The van der Waals surface area contributed by atoms with Crippen molar-refractivity contribution in [2.45, 2.75) is 41.5 Å². The van der Waals surface area contributed by atoms with Crippen molar-refractivity contribution in [1.82, 2.24) is 0 Å². The second-order valence-electron chi connectivity index (χ2n) is 9.54. The molecule has 31 heavy (non-hydrogen) atoms. The minimum Gasteiger partial charge on any atom is -0.106 e. The van der Waals surface area contributed by atoms with Crippen LogP contribution in [0.1, 0.15) is 34.7 Å². The Bertz CT molecular complexity index is 1380. The van der Waals surface area contributed by atoms with Crippen molar-refractivity contribution in [1.29, 1.82) is 0 Å². The second kappa shape index (κ2) is 6.84. The summed E-state index contributed by atoms with van der Waals surface area (Å²) in [5, 5.41) is 4.56. The Morgan fingerprint density at radius 3 is 2.16 bits per heavy atom. The molecule has 1 unspecified atom stereocenters. The normalized spacial score (nSPS) is 18.9. The van der Waals surface area contributed by atoms with Gasteiger partial charge in [-0.05, 0) is 68.9 Å². The molecule has 3 aromatic carbocycles. The zero-order valence-electron chi connectivity index (χ0n) is 18.3. The monoisotopic (exact) mass is 500 g/mol. The lowest BCUT2D eigenvalue weighted by molar-refractivity contribution is 1.13. The Morgan fingerprint density at radius 1 is 0.903 bits per heavy atom. The van der Waals surface area contributed by atoms with Crippen molar-refractivity contribution >= 4 is 53.1 Å². The summed E-state index contributed by atoms with van der Waals surface area (Å²) in [6, 6.07) is 20.7. The lowest BCUT2D eigenvalue weighted by atomic mass is 10.1. The summed E-state index contributed by atoms with van der Waals surface area (Å²) < 4.78 is 0.385. The van der Waals surface area contributed by atoms with E-state index >= 15 is 0 Å². The summed E-state index contributed by atoms with van der Waals surface area (Å²) >= 11 is 5.73. The molecule has 1 aliphatic heterocycles. The minimum atomic E-state index is -1.91. The zero-order valence-corrected chi connectivity index (χ0v) is 21.7. The van der Waals surface area contributed by atoms with Gasteiger partial charge in [0, 0.05) is 10.4 Å². The Morgan fingerprint density at radius 2 is 1.52 bits per heavy atom. The highest BCUT2D eigenvalue weighted by Gasteiger charge is 2.44. The highest BCUT2D eigenvalue weighted by Crippen LogP contribution is 2.52. The van der Waals surface area contributed by atoms with Gasteiger partial charge in [-0.1, -0.05) is 95.3 Å². The molecular formula is C28H25BrSSi. The van der Waals surface area contributed by atoms with E-state index < -0.39 is 8.07 Å². The number of fused-ring (bicyclic) bond motifs is 5. The van der Waals surface area contributed by atoms with Crippen LogP contribution in [0.25, 0.3) is 28.5 Å². The molecule has 6 rings (SSSR count). The minimum absolute atomic E-state index is 0.385. The van der Waals surface area contributed by atoms with Gasteiger partial charge in [-0.15, -0.1) is 11.8 Å². The van der Waals surface area contributed by atoms with E-state index in [1.165, 1.54) is 54.3 Å². The van der Waals surface area contributed by atoms with Gasteiger partial charge in [0.1, 0.15) is 0 Å². The molecule has 1 atom stereocenters. The van der Waals surface area contributed by atoms with Crippen molar-refractivity contribution in [3.05, 3.63) is 92.9 Å². The summed E-state index contributed by atoms with van der Waals surface area (Å²) in [4.78, 5) is 1.43. The third-order valence-corrected chi connectivity index (χ3v) is 13.2. The maximum absolute atomic E-state index is 3.79. The van der Waals surface area contributed by atoms with Crippen LogP contribution in [-0.4, -0.2) is 12.2 Å². The van der Waals surface area contributed by atoms with Crippen LogP contribution in [0.15, 0.2) is 65.1 Å². The van der Waals surface area contributed by atoms with Gasteiger partial charge in [0.25, 0.3) is 0 Å². The molecule has 1 heterocycles. The van der Waals surface area contributed by atoms with Crippen LogP contribution in [0.5, 0.6) is 0 Å². The fourth-order valence-corrected chi connectivity index (χ4v) is 12.4. The number of allylic oxidation sites excluding steroid dienone is 1. The average molecular weight is 502 g/mol. The van der Waals surface area contributed by atoms with E-state index in [9.17, 15) is 0 Å². The van der Waals surface area contributed by atoms with Crippen LogP contribution in [0.3, 0.4) is 0 Å². The van der Waals surface area contributed by atoms with Crippen molar-refractivity contribution in [3.63, 3.8) is 0 Å². The molecule has 3 heteroatoms. The first-order chi connectivity index (χ1) is 14.9. The highest BCUT2D eigenvalue weighted by atomic mass is 79.9. The Labute approximate surface area is 197 Å². The third kappa shape index (κ3) is 2.73. The molecule has 0 fully saturated rings. The fraction of sp³-hybridized carbons (Fsp3) is 0.214. The van der Waals surface area contributed by atoms with Crippen LogP contribution in [0.2, 0.25) is 13.1 Å². The van der Waals surface area contributed by atoms with Crippen molar-refractivity contribution in [2.75, 3.05) is 0 Å². The molecule has 0 N–H and O–H groups in total. The Kier molecular flexibility index (Phi) is 4.38. The number of alkyl halides is 1. The Balaban J connectivity index is 1.64. The summed E-state index contributed by atoms with van der Waals surface area (Å²) in [5.74, 6) is 0. The standard InChI is InChI=1S/C28H25BrSSi/c1-16-13-22-17(2)23-15-26(29)30-25(23)14-24(22)27(16)31(3,4)28-20-11-7-5-9-18(20)19-10-6-8-12-21(19)28/h5-15,26,28H,1-4H3. The Hall–Kier alpha value is -1.81. The van der Waals surface area contributed by atoms with E-state index in [1.54, 1.807) is 5.20 Å². The highest BCUT2D eigenvalue weighted by molar-refractivity contribution is 9.11. The number of thioether (sulfide) groups is 1. The summed E-state index contributed by atoms with van der Waals surface area (Å²) in [5.41, 5.74) is 10.8. The van der Waals surface area contributed by atoms with E-state index in [0.29, 0.717) is 9.70 Å². The molecule has 0 amide bonds. The largest absolute Gasteiger partial charge is 0.106 e. The second-order valence-corrected chi connectivity index (χ2v) is 16.8. The van der Waals surface area contributed by atoms with E-state index in [1.807, 2.05) is 11.8 Å². The molecule has 0 spiro atoms. The number of rotatable bonds is 2. The van der Waals surface area contributed by atoms with Gasteiger partial charge >= 0.3 is 0 Å². The molecule has 0 nitrogen and oxygen atoms in total. The molecule has 3 aromatic rings. The molecule has 0 radical (unpaired) electrons. The van der Waals surface area contributed by atoms with Gasteiger partial charge in [0.15, 0.2) is 0 Å². The number of halogens is 1. The predicted octanol–water partition coefficient (Wildman–Crippen LogP) is 6.77. The van der Waals surface area contributed by atoms with E-state index in [2.05, 4.69) is 110 Å². The molecule has 154 valence electrons. The predicted molar refractivity (Wildman–Crippen MR) is 142 cm³/mol. The van der Waals surface area contributed by atoms with Crippen LogP contribution < -0.4 is 10.4 Å². The number of benzene rings is 3. The molecule has 2 aliphatic carbocycles.